The molecule has 0 spiro atoms. The molecule has 0 aromatic carbocycles. The summed E-state index contributed by atoms with van der Waals surface area (Å²) in [6.07, 6.45) is 0. The van der Waals surface area contributed by atoms with Crippen molar-refractivity contribution >= 4 is 50.1 Å². The van der Waals surface area contributed by atoms with E-state index in [0.29, 0.717) is 5.13 Å². The van der Waals surface area contributed by atoms with Gasteiger partial charge in [0.25, 0.3) is 5.91 Å². The molecule has 6 nitrogen and oxygen atoms in total. The molecule has 0 aliphatic heterocycles. The van der Waals surface area contributed by atoms with E-state index in [1.807, 2.05) is 22.9 Å². The number of thiophene rings is 2. The lowest BCUT2D eigenvalue weighted by Crippen LogP contribution is -2.09. The lowest BCUT2D eigenvalue weighted by molar-refractivity contribution is -0.380. The van der Waals surface area contributed by atoms with E-state index >= 15 is 0 Å². The van der Waals surface area contributed by atoms with Crippen LogP contribution in [-0.2, 0) is 0 Å². The van der Waals surface area contributed by atoms with Crippen molar-refractivity contribution < 1.29 is 9.72 Å². The first-order valence-corrected chi connectivity index (χ1v) is 8.26. The molecule has 0 atom stereocenters. The molecular weight excluding hydrogens is 330 g/mol. The van der Waals surface area contributed by atoms with Crippen molar-refractivity contribution in [3.63, 3.8) is 0 Å². The fourth-order valence-corrected chi connectivity index (χ4v) is 3.76. The smallest absolute Gasteiger partial charge is 0.297 e. The van der Waals surface area contributed by atoms with Crippen LogP contribution < -0.4 is 5.32 Å². The highest BCUT2D eigenvalue weighted by atomic mass is 32.1. The van der Waals surface area contributed by atoms with Gasteiger partial charge in [0.1, 0.15) is 0 Å². The summed E-state index contributed by atoms with van der Waals surface area (Å²) < 4.78 is 0. The molecule has 3 heterocycles. The first kappa shape index (κ1) is 13.9. The first-order valence-electron chi connectivity index (χ1n) is 5.68. The second-order valence-corrected chi connectivity index (χ2v) is 6.73. The Kier molecular flexibility index (Phi) is 3.78. The highest BCUT2D eigenvalue weighted by Crippen LogP contribution is 2.29. The van der Waals surface area contributed by atoms with Crippen molar-refractivity contribution in [1.82, 2.24) is 4.98 Å². The number of nitrogens with one attached hydrogen (secondary N) is 1. The first-order chi connectivity index (χ1) is 10.1. The van der Waals surface area contributed by atoms with E-state index in [1.54, 1.807) is 11.3 Å². The Morgan fingerprint density at radius 2 is 2.14 bits per heavy atom. The summed E-state index contributed by atoms with van der Waals surface area (Å²) in [6, 6.07) is 6.64. The Labute approximate surface area is 130 Å². The number of aromatic nitrogens is 1. The van der Waals surface area contributed by atoms with E-state index in [9.17, 15) is 14.9 Å². The number of rotatable bonds is 4. The van der Waals surface area contributed by atoms with Crippen molar-refractivity contribution in [2.24, 2.45) is 0 Å². The molecule has 0 aliphatic carbocycles. The lowest BCUT2D eigenvalue weighted by Gasteiger charge is -1.97. The number of nitrogens with zero attached hydrogens (tertiary/aromatic N) is 2. The van der Waals surface area contributed by atoms with E-state index in [4.69, 9.17) is 0 Å². The predicted octanol–water partition coefficient (Wildman–Crippen LogP) is 4.09. The quantitative estimate of drug-likeness (QED) is 0.574. The average Bonchev–Trinajstić information content (AvgIpc) is 3.19. The summed E-state index contributed by atoms with van der Waals surface area (Å²) >= 11 is 3.73. The summed E-state index contributed by atoms with van der Waals surface area (Å²) in [5.41, 5.74) is 0.808. The molecule has 9 heteroatoms. The molecule has 21 heavy (non-hydrogen) atoms. The molecule has 0 fully saturated rings. The van der Waals surface area contributed by atoms with Crippen molar-refractivity contribution in [3.8, 4) is 10.6 Å². The van der Waals surface area contributed by atoms with Gasteiger partial charge in [-0.3, -0.25) is 20.2 Å². The number of carbonyl (C=O) groups excluding carboxylic acids is 1. The Hall–Kier alpha value is -2.10. The van der Waals surface area contributed by atoms with Crippen LogP contribution in [0.1, 0.15) is 9.67 Å². The van der Waals surface area contributed by atoms with E-state index in [-0.39, 0.29) is 15.8 Å². The van der Waals surface area contributed by atoms with Gasteiger partial charge >= 0.3 is 5.00 Å². The Bertz CT molecular complexity index is 792. The molecule has 0 saturated carbocycles. The number of amides is 1. The number of nitro groups is 1. The summed E-state index contributed by atoms with van der Waals surface area (Å²) in [5.74, 6) is -0.389. The van der Waals surface area contributed by atoms with E-state index in [0.717, 1.165) is 21.9 Å². The fraction of sp³-hybridized carbons (Fsp3) is 0. The van der Waals surface area contributed by atoms with Crippen molar-refractivity contribution in [3.05, 3.63) is 50.0 Å². The van der Waals surface area contributed by atoms with Crippen molar-refractivity contribution in [1.29, 1.82) is 0 Å². The summed E-state index contributed by atoms with van der Waals surface area (Å²) in [5, 5.41) is 17.5. The zero-order valence-corrected chi connectivity index (χ0v) is 12.8. The number of hydrogen-bond donors (Lipinski definition) is 1. The Morgan fingerprint density at radius 3 is 2.81 bits per heavy atom. The fourth-order valence-electron chi connectivity index (χ4n) is 1.58. The van der Waals surface area contributed by atoms with E-state index in [2.05, 4.69) is 10.3 Å². The van der Waals surface area contributed by atoms with E-state index in [1.165, 1.54) is 23.5 Å². The van der Waals surface area contributed by atoms with Crippen LogP contribution in [0.25, 0.3) is 10.6 Å². The SMILES string of the molecule is O=C(Nc1nc(-c2cccs2)cs1)c1ccc([N+](=O)[O-])s1. The predicted molar refractivity (Wildman–Crippen MR) is 84.4 cm³/mol. The van der Waals surface area contributed by atoms with Gasteiger partial charge in [-0.05, 0) is 17.5 Å². The van der Waals surface area contributed by atoms with Crippen molar-refractivity contribution in [2.45, 2.75) is 0 Å². The Balaban J connectivity index is 1.74. The minimum Gasteiger partial charge on any atom is -0.297 e. The molecule has 106 valence electrons. The van der Waals surface area contributed by atoms with Crippen molar-refractivity contribution in [2.75, 3.05) is 5.32 Å². The van der Waals surface area contributed by atoms with Crippen LogP contribution in [0.15, 0.2) is 35.0 Å². The van der Waals surface area contributed by atoms with Crippen LogP contribution in [0.5, 0.6) is 0 Å². The van der Waals surface area contributed by atoms with Gasteiger partial charge in [0.15, 0.2) is 5.13 Å². The second kappa shape index (κ2) is 5.72. The van der Waals surface area contributed by atoms with Gasteiger partial charge < -0.3 is 0 Å². The Morgan fingerprint density at radius 1 is 1.29 bits per heavy atom. The minimum absolute atomic E-state index is 0.0569. The van der Waals surface area contributed by atoms with Crippen LogP contribution in [0.4, 0.5) is 10.1 Å². The van der Waals surface area contributed by atoms with Crippen LogP contribution in [-0.4, -0.2) is 15.8 Å². The maximum Gasteiger partial charge on any atom is 0.324 e. The van der Waals surface area contributed by atoms with Gasteiger partial charge in [0.2, 0.25) is 0 Å². The third kappa shape index (κ3) is 2.99. The summed E-state index contributed by atoms with van der Waals surface area (Å²) in [6.45, 7) is 0. The van der Waals surface area contributed by atoms with Gasteiger partial charge in [-0.15, -0.1) is 22.7 Å². The normalized spacial score (nSPS) is 10.5. The average molecular weight is 337 g/mol. The molecular formula is C12H7N3O3S3. The number of carbonyl (C=O) groups is 1. The molecule has 1 amide bonds. The summed E-state index contributed by atoms with van der Waals surface area (Å²) in [4.78, 5) is 27.7. The molecule has 0 radical (unpaired) electrons. The topological polar surface area (TPSA) is 85.1 Å². The molecule has 1 N–H and O–H groups in total. The third-order valence-corrected chi connectivity index (χ3v) is 5.18. The van der Waals surface area contributed by atoms with Gasteiger partial charge in [0, 0.05) is 11.4 Å². The van der Waals surface area contributed by atoms with Gasteiger partial charge in [-0.2, -0.15) is 0 Å². The molecule has 3 aromatic rings. The van der Waals surface area contributed by atoms with E-state index < -0.39 is 4.92 Å². The van der Waals surface area contributed by atoms with Gasteiger partial charge in [0.05, 0.1) is 20.4 Å². The maximum atomic E-state index is 12.0. The minimum atomic E-state index is -0.514. The number of thiazole rings is 1. The molecule has 3 aromatic heterocycles. The number of hydrogen-bond acceptors (Lipinski definition) is 7. The monoisotopic (exact) mass is 337 g/mol. The second-order valence-electron chi connectivity index (χ2n) is 3.86. The van der Waals surface area contributed by atoms with Gasteiger partial charge in [-0.1, -0.05) is 17.4 Å². The zero-order valence-electron chi connectivity index (χ0n) is 10.3. The van der Waals surface area contributed by atoms with Gasteiger partial charge in [-0.25, -0.2) is 4.98 Å². The molecule has 3 rings (SSSR count). The van der Waals surface area contributed by atoms with Crippen LogP contribution in [0.2, 0.25) is 0 Å². The highest BCUT2D eigenvalue weighted by Gasteiger charge is 2.16. The molecule has 0 bridgehead atoms. The maximum absolute atomic E-state index is 12.0. The number of anilines is 1. The standard InChI is InChI=1S/C12H7N3O3S3/c16-11(9-3-4-10(21-9)15(17)18)14-12-13-7(6-20-12)8-2-1-5-19-8/h1-6H,(H,13,14,16). The van der Waals surface area contributed by atoms with Crippen LogP contribution in [0, 0.1) is 10.1 Å². The largest absolute Gasteiger partial charge is 0.324 e. The van der Waals surface area contributed by atoms with Crippen LogP contribution in [0.3, 0.4) is 0 Å². The van der Waals surface area contributed by atoms with Crippen LogP contribution >= 0.6 is 34.0 Å². The lowest BCUT2D eigenvalue weighted by atomic mass is 10.4. The molecule has 0 aliphatic rings. The molecule has 0 unspecified atom stereocenters. The third-order valence-electron chi connectivity index (χ3n) is 2.49. The zero-order chi connectivity index (χ0) is 14.8. The molecule has 0 saturated heterocycles. The summed E-state index contributed by atoms with van der Waals surface area (Å²) in [7, 11) is 0. The highest BCUT2D eigenvalue weighted by molar-refractivity contribution is 7.18.